The molecule has 0 aliphatic carbocycles. The molecule has 0 saturated carbocycles. The average molecular weight is 1640 g/mol. The Hall–Kier alpha value is -9.24. The van der Waals surface area contributed by atoms with Crippen molar-refractivity contribution in [2.75, 3.05) is 0 Å². The molecule has 0 aliphatic heterocycles. The Labute approximate surface area is 699 Å². The molecular weight excluding hydrogens is 1480 g/mol. The van der Waals surface area contributed by atoms with Crippen LogP contribution in [0.3, 0.4) is 0 Å². The number of rotatable bonds is 0. The first-order valence-electron chi connectivity index (χ1n) is 39.4. The van der Waals surface area contributed by atoms with Crippen LogP contribution in [0.1, 0.15) is 265 Å². The summed E-state index contributed by atoms with van der Waals surface area (Å²) in [4.78, 5) is 39.3. The van der Waals surface area contributed by atoms with Gasteiger partial charge < -0.3 is 32.7 Å². The number of thiazole rings is 2. The standard InChI is InChI=1S/C5H7N.C5H6O.C5H6S.4C4H6N2.3C4H5NO.3C4H5NS.C3H5N3.14C2H6/c3*1-5-3-2-4-6-5;1-4-2-5-3-6-4;1-6-4-2-3-5-6;1-4-5-2-3-6-4;1-4-2-3-5-6-4;1-4-2-5-3-6-4;1-4-5-2-3-6-4;1-4-2-3-5-6-4;1-4-2-5-3-6-4;1-4-5-2-3-6-4;1-4-2-3-5-6-4;1-3-4-2-5-6-3;14*1-2/h2-4,6H,1H3;2*2-4H,1H3;2-3H,1H3,(H,5,6);2-4H,1H3;2*2-3H,1H3,(H,5,6);6*2-3H,1H3;2H,1H3,(H,4,5,6);14*1-2H3. The van der Waals surface area contributed by atoms with Crippen LogP contribution < -0.4 is 0 Å². The molecule has 22 nitrogen and oxygen atoms in total. The highest BCUT2D eigenvalue weighted by Gasteiger charge is 1.83. The van der Waals surface area contributed by atoms with Crippen molar-refractivity contribution in [1.82, 2.24) is 89.5 Å². The van der Waals surface area contributed by atoms with Gasteiger partial charge in [0.2, 0.25) is 0 Å². The van der Waals surface area contributed by atoms with Crippen LogP contribution in [0.15, 0.2) is 207 Å². The third-order valence-electron chi connectivity index (χ3n) is 8.52. The summed E-state index contributed by atoms with van der Waals surface area (Å²) in [6.07, 6.45) is 30.7. The van der Waals surface area contributed by atoms with Crippen molar-refractivity contribution in [3.05, 3.63) is 261 Å². The molecule has 14 aromatic rings. The number of imidazole rings is 2. The SMILES string of the molecule is CC.CC.CC.CC.CC.CC.CC.CC.CC.CC.CC.CC.CC.CC.Cc1ccc[nH]1.Cc1ccco1.Cc1cccs1.Cc1ccn[nH]1.Cc1ccno1.Cc1ccns1.Cc1cnc[nH]1.Cc1cnco1.Cc1cncs1.Cc1ncc[nH]1.Cc1ncco1.Cc1nccs1.Cc1ncn[nH]1.Cn1cccn1. The zero-order valence-corrected chi connectivity index (χ0v) is 81.2. The summed E-state index contributed by atoms with van der Waals surface area (Å²) in [5.41, 5.74) is 5.26. The number of hydrogen-bond acceptors (Lipinski definition) is 20. The van der Waals surface area contributed by atoms with Crippen molar-refractivity contribution in [1.29, 1.82) is 0 Å². The van der Waals surface area contributed by atoms with Gasteiger partial charge in [-0.15, -0.1) is 34.0 Å². The molecule has 5 N–H and O–H groups in total. The first kappa shape index (κ1) is 135. The number of nitrogens with one attached hydrogen (secondary N) is 5. The molecule has 0 fully saturated rings. The first-order valence-corrected chi connectivity index (χ1v) is 42.8. The van der Waals surface area contributed by atoms with Gasteiger partial charge in [-0.2, -0.15) is 15.3 Å². The van der Waals surface area contributed by atoms with Crippen molar-refractivity contribution >= 4 is 45.5 Å². The van der Waals surface area contributed by atoms with Crippen molar-refractivity contribution < 1.29 is 17.8 Å². The van der Waals surface area contributed by atoms with Gasteiger partial charge in [0.05, 0.1) is 41.7 Å². The van der Waals surface area contributed by atoms with Gasteiger partial charge in [-0.3, -0.25) is 24.8 Å². The molecular formula is C86H162N18O4S4. The van der Waals surface area contributed by atoms with E-state index in [1.807, 2.05) is 349 Å². The van der Waals surface area contributed by atoms with Crippen LogP contribution in [0.25, 0.3) is 0 Å². The molecule has 112 heavy (non-hydrogen) atoms. The minimum absolute atomic E-state index is 0.718. The van der Waals surface area contributed by atoms with E-state index in [9.17, 15) is 0 Å². The Morgan fingerprint density at radius 1 is 0.375 bits per heavy atom. The van der Waals surface area contributed by atoms with Gasteiger partial charge in [0.25, 0.3) is 0 Å². The molecule has 14 rings (SSSR count). The summed E-state index contributed by atoms with van der Waals surface area (Å²) in [6, 6.07) is 19.6. The van der Waals surface area contributed by atoms with Crippen LogP contribution in [0, 0.1) is 90.0 Å². The maximum Gasteiger partial charge on any atom is 0.190 e. The highest BCUT2D eigenvalue weighted by molar-refractivity contribution is 7.10. The minimum atomic E-state index is 0.718. The Morgan fingerprint density at radius 3 is 1.12 bits per heavy atom. The number of aromatic amines is 5. The van der Waals surface area contributed by atoms with Crippen LogP contribution in [-0.2, 0) is 7.05 Å². The molecule has 14 heterocycles. The number of hydrogen-bond donors (Lipinski definition) is 5. The van der Waals surface area contributed by atoms with Crippen LogP contribution in [0.2, 0.25) is 0 Å². The molecule has 0 aliphatic rings. The van der Waals surface area contributed by atoms with Gasteiger partial charge in [-0.25, -0.2) is 29.3 Å². The van der Waals surface area contributed by atoms with Gasteiger partial charge in [0.15, 0.2) is 12.3 Å². The number of oxazole rings is 2. The molecule has 26 heteroatoms. The van der Waals surface area contributed by atoms with E-state index in [4.69, 9.17) is 13.3 Å². The number of nitrogens with zero attached hydrogens (tertiary/aromatic N) is 13. The third-order valence-corrected chi connectivity index (χ3v) is 11.4. The van der Waals surface area contributed by atoms with Crippen LogP contribution in [-0.4, -0.2) is 89.5 Å². The fourth-order valence-corrected chi connectivity index (χ4v) is 6.24. The second kappa shape index (κ2) is 131. The predicted octanol–water partition coefficient (Wildman–Crippen LogP) is 29.3. The van der Waals surface area contributed by atoms with Crippen molar-refractivity contribution in [2.45, 2.75) is 284 Å². The van der Waals surface area contributed by atoms with Crippen molar-refractivity contribution in [3.8, 4) is 0 Å². The fourth-order valence-electron chi connectivity index (χ4n) is 4.46. The fraction of sp³-hybridized carbons (Fsp3) is 0.488. The molecule has 0 atom stereocenters. The minimum Gasteiger partial charge on any atom is -0.470 e. The lowest BCUT2D eigenvalue weighted by Gasteiger charge is -1.77. The summed E-state index contributed by atoms with van der Waals surface area (Å²) in [5.74, 6) is 5.22. The molecule has 0 saturated heterocycles. The summed E-state index contributed by atoms with van der Waals surface area (Å²) >= 11 is 6.64. The lowest BCUT2D eigenvalue weighted by molar-refractivity contribution is 0.397. The van der Waals surface area contributed by atoms with E-state index in [0.717, 1.165) is 51.2 Å². The Bertz CT molecular complexity index is 2430. The lowest BCUT2D eigenvalue weighted by atomic mass is 10.5. The Morgan fingerprint density at radius 2 is 1.00 bits per heavy atom. The second-order valence-corrected chi connectivity index (χ2v) is 20.7. The highest BCUT2D eigenvalue weighted by atomic mass is 32.1. The average Bonchev–Trinajstić information content (AvgIpc) is 4.71. The second-order valence-electron chi connectivity index (χ2n) is 16.3. The normalized spacial score (nSPS) is 7.38. The molecule has 644 valence electrons. The van der Waals surface area contributed by atoms with E-state index in [1.165, 1.54) is 44.6 Å². The van der Waals surface area contributed by atoms with E-state index in [0.29, 0.717) is 0 Å². The molecule has 14 aromatic heterocycles. The number of aromatic nitrogens is 18. The largest absolute Gasteiger partial charge is 0.470 e. The molecule has 0 unspecified atom stereocenters. The summed E-state index contributed by atoms with van der Waals surface area (Å²) in [6.45, 7) is 81.3. The zero-order valence-electron chi connectivity index (χ0n) is 78.0. The van der Waals surface area contributed by atoms with Crippen LogP contribution in [0.5, 0.6) is 0 Å². The zero-order chi connectivity index (χ0) is 89.7. The van der Waals surface area contributed by atoms with E-state index < -0.39 is 0 Å². The lowest BCUT2D eigenvalue weighted by Crippen LogP contribution is -1.83. The summed E-state index contributed by atoms with van der Waals surface area (Å²) in [5, 5.41) is 25.1. The number of aryl methyl sites for hydroxylation is 14. The monoisotopic (exact) mass is 1640 g/mol. The predicted molar refractivity (Wildman–Crippen MR) is 495 cm³/mol. The van der Waals surface area contributed by atoms with Gasteiger partial charge in [0.1, 0.15) is 41.5 Å². The number of H-pyrrole nitrogens is 5. The molecule has 0 radical (unpaired) electrons. The number of furan rings is 1. The summed E-state index contributed by atoms with van der Waals surface area (Å²) in [7, 11) is 1.89. The third kappa shape index (κ3) is 127. The quantitative estimate of drug-likeness (QED) is 0.0943. The molecule has 0 aromatic carbocycles. The van der Waals surface area contributed by atoms with E-state index in [1.54, 1.807) is 133 Å². The van der Waals surface area contributed by atoms with Crippen molar-refractivity contribution in [3.63, 3.8) is 0 Å². The highest BCUT2D eigenvalue weighted by Crippen LogP contribution is 2.04. The molecule has 0 amide bonds. The maximum atomic E-state index is 4.83. The molecule has 0 bridgehead atoms. The smallest absolute Gasteiger partial charge is 0.190 e. The Kier molecular flexibility index (Phi) is 158. The maximum absolute atomic E-state index is 4.83. The first-order chi connectivity index (χ1) is 54.5. The van der Waals surface area contributed by atoms with Gasteiger partial charge in [-0.1, -0.05) is 205 Å². The van der Waals surface area contributed by atoms with Crippen LogP contribution >= 0.6 is 45.5 Å². The van der Waals surface area contributed by atoms with Gasteiger partial charge in [-0.05, 0) is 149 Å². The van der Waals surface area contributed by atoms with E-state index in [-0.39, 0.29) is 0 Å². The summed E-state index contributed by atoms with van der Waals surface area (Å²) < 4.78 is 24.5. The van der Waals surface area contributed by atoms with E-state index in [2.05, 4.69) is 114 Å². The van der Waals surface area contributed by atoms with Crippen molar-refractivity contribution in [2.24, 2.45) is 7.05 Å². The Balaban J connectivity index is -0.0000000751. The van der Waals surface area contributed by atoms with Gasteiger partial charge in [0, 0.05) is 119 Å². The number of thiophene rings is 1. The van der Waals surface area contributed by atoms with Gasteiger partial charge >= 0.3 is 0 Å². The van der Waals surface area contributed by atoms with Crippen LogP contribution in [0.4, 0.5) is 0 Å². The topological polar surface area (TPSA) is 291 Å². The molecule has 0 spiro atoms. The van der Waals surface area contributed by atoms with E-state index >= 15 is 0 Å².